The summed E-state index contributed by atoms with van der Waals surface area (Å²) in [4.78, 5) is 8.02. The first kappa shape index (κ1) is 11.6. The van der Waals surface area contributed by atoms with Crippen LogP contribution in [0.25, 0.3) is 10.9 Å². The monoisotopic (exact) mass is 245 g/mol. The van der Waals surface area contributed by atoms with Crippen molar-refractivity contribution in [1.82, 2.24) is 14.8 Å². The van der Waals surface area contributed by atoms with Crippen LogP contribution >= 0.6 is 0 Å². The van der Waals surface area contributed by atoms with Crippen LogP contribution in [0, 0.1) is 0 Å². The topological polar surface area (TPSA) is 42.5 Å². The van der Waals surface area contributed by atoms with Crippen molar-refractivity contribution >= 4 is 10.9 Å². The van der Waals surface area contributed by atoms with E-state index in [9.17, 15) is 5.11 Å². The number of hydrogen-bond acceptors (Lipinski definition) is 3. The molecular formula is C14H19N3O. The van der Waals surface area contributed by atoms with Crippen molar-refractivity contribution in [1.29, 1.82) is 0 Å². The van der Waals surface area contributed by atoms with Crippen molar-refractivity contribution in [3.63, 3.8) is 0 Å². The highest BCUT2D eigenvalue weighted by Crippen LogP contribution is 2.28. The third-order valence-electron chi connectivity index (χ3n) is 3.76. The molecule has 4 nitrogen and oxygen atoms in total. The molecule has 3 rings (SSSR count). The standard InChI is InChI=1S/C14H19N3O/c1-16-5-7-17(8-6-16)10-11-9-15-12-3-2-4-13(18)14(11)12/h2-4,9,15,18H,5-8,10H2,1H3. The predicted molar refractivity (Wildman–Crippen MR) is 72.7 cm³/mol. The molecule has 1 aliphatic rings. The summed E-state index contributed by atoms with van der Waals surface area (Å²) in [5.41, 5.74) is 2.20. The summed E-state index contributed by atoms with van der Waals surface area (Å²) in [5.74, 6) is 0.373. The Morgan fingerprint density at radius 3 is 2.78 bits per heavy atom. The molecule has 1 fully saturated rings. The molecule has 0 radical (unpaired) electrons. The van der Waals surface area contributed by atoms with Gasteiger partial charge in [-0.15, -0.1) is 0 Å². The second-order valence-corrected chi connectivity index (χ2v) is 5.09. The van der Waals surface area contributed by atoms with Gasteiger partial charge in [0.05, 0.1) is 0 Å². The van der Waals surface area contributed by atoms with Gasteiger partial charge in [0, 0.05) is 49.8 Å². The van der Waals surface area contributed by atoms with Gasteiger partial charge in [0.15, 0.2) is 0 Å². The molecule has 1 aliphatic heterocycles. The molecule has 0 unspecified atom stereocenters. The largest absolute Gasteiger partial charge is 0.507 e. The molecular weight excluding hydrogens is 226 g/mol. The molecule has 2 N–H and O–H groups in total. The van der Waals surface area contributed by atoms with Gasteiger partial charge in [0.1, 0.15) is 5.75 Å². The molecule has 4 heteroatoms. The third-order valence-corrected chi connectivity index (χ3v) is 3.76. The van der Waals surface area contributed by atoms with E-state index < -0.39 is 0 Å². The molecule has 0 bridgehead atoms. The van der Waals surface area contributed by atoms with Gasteiger partial charge < -0.3 is 15.0 Å². The van der Waals surface area contributed by atoms with Gasteiger partial charge in [-0.3, -0.25) is 4.90 Å². The van der Waals surface area contributed by atoms with Crippen molar-refractivity contribution in [2.75, 3.05) is 33.2 Å². The quantitative estimate of drug-likeness (QED) is 0.845. The number of phenolic OH excluding ortho intramolecular Hbond substituents is 1. The maximum Gasteiger partial charge on any atom is 0.125 e. The van der Waals surface area contributed by atoms with E-state index in [1.807, 2.05) is 18.3 Å². The van der Waals surface area contributed by atoms with Gasteiger partial charge >= 0.3 is 0 Å². The van der Waals surface area contributed by atoms with Crippen LogP contribution in [0.5, 0.6) is 5.75 Å². The van der Waals surface area contributed by atoms with E-state index in [4.69, 9.17) is 0 Å². The number of nitrogens with zero attached hydrogens (tertiary/aromatic N) is 2. The Kier molecular flexibility index (Phi) is 2.97. The van der Waals surface area contributed by atoms with Crippen molar-refractivity contribution in [2.45, 2.75) is 6.54 Å². The van der Waals surface area contributed by atoms with Gasteiger partial charge in [0.2, 0.25) is 0 Å². The number of fused-ring (bicyclic) bond motifs is 1. The first-order valence-electron chi connectivity index (χ1n) is 6.43. The predicted octanol–water partition coefficient (Wildman–Crippen LogP) is 1.62. The Balaban J connectivity index is 1.82. The second-order valence-electron chi connectivity index (χ2n) is 5.09. The van der Waals surface area contributed by atoms with Crippen LogP contribution < -0.4 is 0 Å². The van der Waals surface area contributed by atoms with Crippen LogP contribution in [0.4, 0.5) is 0 Å². The number of likely N-dealkylation sites (N-methyl/N-ethyl adjacent to an activating group) is 1. The van der Waals surface area contributed by atoms with Crippen molar-refractivity contribution in [3.05, 3.63) is 30.0 Å². The molecule has 18 heavy (non-hydrogen) atoms. The number of rotatable bonds is 2. The van der Waals surface area contributed by atoms with Crippen LogP contribution in [0.2, 0.25) is 0 Å². The number of piperazine rings is 1. The fourth-order valence-electron chi connectivity index (χ4n) is 2.61. The fraction of sp³-hybridized carbons (Fsp3) is 0.429. The maximum absolute atomic E-state index is 9.97. The molecule has 0 aliphatic carbocycles. The lowest BCUT2D eigenvalue weighted by atomic mass is 10.1. The van der Waals surface area contributed by atoms with Crippen LogP contribution in [0.3, 0.4) is 0 Å². The van der Waals surface area contributed by atoms with Crippen LogP contribution in [0.1, 0.15) is 5.56 Å². The molecule has 0 spiro atoms. The second kappa shape index (κ2) is 4.63. The van der Waals surface area contributed by atoms with E-state index >= 15 is 0 Å². The molecule has 2 aromatic rings. The molecule has 0 atom stereocenters. The average Bonchev–Trinajstić information content (AvgIpc) is 2.77. The van der Waals surface area contributed by atoms with E-state index in [2.05, 4.69) is 21.8 Å². The summed E-state index contributed by atoms with van der Waals surface area (Å²) in [5, 5.41) is 10.9. The number of aromatic amines is 1. The van der Waals surface area contributed by atoms with E-state index in [1.165, 1.54) is 5.56 Å². The number of benzene rings is 1. The minimum atomic E-state index is 0.373. The first-order chi connectivity index (χ1) is 8.74. The SMILES string of the molecule is CN1CCN(Cc2c[nH]c3cccc(O)c23)CC1. The van der Waals surface area contributed by atoms with Crippen LogP contribution in [0.15, 0.2) is 24.4 Å². The van der Waals surface area contributed by atoms with E-state index in [1.54, 1.807) is 6.07 Å². The lowest BCUT2D eigenvalue weighted by molar-refractivity contribution is 0.148. The molecule has 0 saturated carbocycles. The molecule has 1 aromatic heterocycles. The first-order valence-corrected chi connectivity index (χ1v) is 6.43. The average molecular weight is 245 g/mol. The Morgan fingerprint density at radius 2 is 2.00 bits per heavy atom. The third kappa shape index (κ3) is 2.09. The molecule has 96 valence electrons. The van der Waals surface area contributed by atoms with Gasteiger partial charge in [0.25, 0.3) is 0 Å². The maximum atomic E-state index is 9.97. The van der Waals surface area contributed by atoms with Crippen molar-refractivity contribution < 1.29 is 5.11 Å². The summed E-state index contributed by atoms with van der Waals surface area (Å²) < 4.78 is 0. The summed E-state index contributed by atoms with van der Waals surface area (Å²) in [6.45, 7) is 5.33. The Bertz CT molecular complexity index is 541. The fourth-order valence-corrected chi connectivity index (χ4v) is 2.61. The summed E-state index contributed by atoms with van der Waals surface area (Å²) in [6, 6.07) is 5.62. The van der Waals surface area contributed by atoms with Gasteiger partial charge in [-0.1, -0.05) is 6.07 Å². The van der Waals surface area contributed by atoms with Gasteiger partial charge in [-0.25, -0.2) is 0 Å². The smallest absolute Gasteiger partial charge is 0.125 e. The van der Waals surface area contributed by atoms with Crippen LogP contribution in [-0.2, 0) is 6.54 Å². The Labute approximate surface area is 107 Å². The zero-order valence-electron chi connectivity index (χ0n) is 10.7. The number of H-pyrrole nitrogens is 1. The molecule has 1 saturated heterocycles. The zero-order chi connectivity index (χ0) is 12.5. The zero-order valence-corrected chi connectivity index (χ0v) is 10.7. The lowest BCUT2D eigenvalue weighted by Gasteiger charge is -2.32. The Hall–Kier alpha value is -1.52. The van der Waals surface area contributed by atoms with Crippen LogP contribution in [-0.4, -0.2) is 53.1 Å². The van der Waals surface area contributed by atoms with Gasteiger partial charge in [-0.2, -0.15) is 0 Å². The summed E-state index contributed by atoms with van der Waals surface area (Å²) in [7, 11) is 2.16. The van der Waals surface area contributed by atoms with E-state index in [0.717, 1.165) is 43.6 Å². The number of hydrogen-bond donors (Lipinski definition) is 2. The van der Waals surface area contributed by atoms with E-state index in [0.29, 0.717) is 5.75 Å². The summed E-state index contributed by atoms with van der Waals surface area (Å²) >= 11 is 0. The minimum Gasteiger partial charge on any atom is -0.507 e. The number of aromatic nitrogens is 1. The van der Waals surface area contributed by atoms with E-state index in [-0.39, 0.29) is 0 Å². The summed E-state index contributed by atoms with van der Waals surface area (Å²) in [6.07, 6.45) is 2.02. The molecule has 2 heterocycles. The number of aromatic hydroxyl groups is 1. The molecule has 0 amide bonds. The van der Waals surface area contributed by atoms with Gasteiger partial charge in [-0.05, 0) is 24.7 Å². The highest BCUT2D eigenvalue weighted by molar-refractivity contribution is 5.88. The lowest BCUT2D eigenvalue weighted by Crippen LogP contribution is -2.43. The minimum absolute atomic E-state index is 0.373. The van der Waals surface area contributed by atoms with Crippen molar-refractivity contribution in [3.8, 4) is 5.75 Å². The number of phenols is 1. The molecule has 1 aromatic carbocycles. The number of nitrogens with one attached hydrogen (secondary N) is 1. The van der Waals surface area contributed by atoms with Crippen molar-refractivity contribution in [2.24, 2.45) is 0 Å². The highest BCUT2D eigenvalue weighted by Gasteiger charge is 2.16. The highest BCUT2D eigenvalue weighted by atomic mass is 16.3. The Morgan fingerprint density at radius 1 is 1.22 bits per heavy atom. The normalized spacial score (nSPS) is 18.5.